The smallest absolute Gasteiger partial charge is 0.248 e. The SMILES string of the molecule is CC1(C)CCC(C)(C)c2c(NCc3ccc(F)cc3)cc(C(O)C#Cc3ccc(C(N)=O)cc3)cc21. The first kappa shape index (κ1) is 25.5. The van der Waals surface area contributed by atoms with Crippen molar-refractivity contribution in [1.82, 2.24) is 0 Å². The molecule has 4 N–H and O–H groups in total. The number of nitrogens with two attached hydrogens (primary N) is 1. The first-order chi connectivity index (χ1) is 17.0. The summed E-state index contributed by atoms with van der Waals surface area (Å²) in [4.78, 5) is 11.3. The first-order valence-corrected chi connectivity index (χ1v) is 12.2. The van der Waals surface area contributed by atoms with Crippen molar-refractivity contribution >= 4 is 11.6 Å². The molecule has 0 heterocycles. The molecule has 1 atom stereocenters. The second kappa shape index (κ2) is 9.79. The van der Waals surface area contributed by atoms with Gasteiger partial charge in [-0.2, -0.15) is 0 Å². The summed E-state index contributed by atoms with van der Waals surface area (Å²) in [5.74, 6) is 5.20. The van der Waals surface area contributed by atoms with Crippen LogP contribution in [0.15, 0.2) is 60.7 Å². The van der Waals surface area contributed by atoms with Gasteiger partial charge in [-0.25, -0.2) is 4.39 Å². The van der Waals surface area contributed by atoms with Gasteiger partial charge in [-0.3, -0.25) is 4.79 Å². The van der Waals surface area contributed by atoms with Gasteiger partial charge in [-0.1, -0.05) is 57.7 Å². The normalized spacial score (nSPS) is 16.3. The zero-order valence-corrected chi connectivity index (χ0v) is 21.3. The summed E-state index contributed by atoms with van der Waals surface area (Å²) in [6, 6.07) is 17.2. The minimum Gasteiger partial charge on any atom is -0.381 e. The first-order valence-electron chi connectivity index (χ1n) is 12.2. The number of primary amides is 1. The van der Waals surface area contributed by atoms with Crippen LogP contribution in [0.2, 0.25) is 0 Å². The number of aliphatic hydroxyl groups is 1. The van der Waals surface area contributed by atoms with Crippen LogP contribution in [0, 0.1) is 17.7 Å². The molecule has 4 rings (SSSR count). The highest BCUT2D eigenvalue weighted by molar-refractivity contribution is 5.92. The van der Waals surface area contributed by atoms with Crippen LogP contribution in [0.1, 0.15) is 84.8 Å². The third-order valence-corrected chi connectivity index (χ3v) is 7.18. The molecular formula is C31H33FN2O2. The average Bonchev–Trinajstić information content (AvgIpc) is 2.85. The lowest BCUT2D eigenvalue weighted by atomic mass is 9.62. The van der Waals surface area contributed by atoms with Crippen LogP contribution in [0.4, 0.5) is 10.1 Å². The van der Waals surface area contributed by atoms with Gasteiger partial charge in [0.05, 0.1) is 0 Å². The van der Waals surface area contributed by atoms with Crippen molar-refractivity contribution in [3.63, 3.8) is 0 Å². The van der Waals surface area contributed by atoms with Crippen molar-refractivity contribution in [3.05, 3.63) is 99.9 Å². The molecule has 3 aromatic rings. The number of carbonyl (C=O) groups excluding carboxylic acids is 1. The maximum absolute atomic E-state index is 13.4. The zero-order valence-electron chi connectivity index (χ0n) is 21.3. The number of benzene rings is 3. The zero-order chi connectivity index (χ0) is 26.1. The molecule has 0 saturated heterocycles. The Balaban J connectivity index is 1.71. The fourth-order valence-corrected chi connectivity index (χ4v) is 4.86. The molecule has 0 aromatic heterocycles. The van der Waals surface area contributed by atoms with Crippen molar-refractivity contribution in [2.45, 2.75) is 64.0 Å². The Labute approximate surface area is 212 Å². The van der Waals surface area contributed by atoms with Crippen molar-refractivity contribution in [2.24, 2.45) is 5.73 Å². The number of nitrogens with one attached hydrogen (secondary N) is 1. The summed E-state index contributed by atoms with van der Waals surface area (Å²) < 4.78 is 13.4. The van der Waals surface area contributed by atoms with Gasteiger partial charge in [0.25, 0.3) is 0 Å². The number of aliphatic hydroxyl groups excluding tert-OH is 1. The quantitative estimate of drug-likeness (QED) is 0.391. The van der Waals surface area contributed by atoms with Gasteiger partial charge in [-0.05, 0) is 88.4 Å². The highest BCUT2D eigenvalue weighted by Crippen LogP contribution is 2.49. The molecule has 36 heavy (non-hydrogen) atoms. The summed E-state index contributed by atoms with van der Waals surface area (Å²) in [5.41, 5.74) is 11.5. The number of hydrogen-bond donors (Lipinski definition) is 3. The fourth-order valence-electron chi connectivity index (χ4n) is 4.86. The van der Waals surface area contributed by atoms with Crippen LogP contribution in [-0.4, -0.2) is 11.0 Å². The van der Waals surface area contributed by atoms with Crippen LogP contribution < -0.4 is 11.1 Å². The minimum atomic E-state index is -0.988. The predicted octanol–water partition coefficient (Wildman–Crippen LogP) is 5.97. The van der Waals surface area contributed by atoms with Gasteiger partial charge in [0.2, 0.25) is 5.91 Å². The van der Waals surface area contributed by atoms with E-state index in [4.69, 9.17) is 5.73 Å². The van der Waals surface area contributed by atoms with Gasteiger partial charge in [0, 0.05) is 23.4 Å². The van der Waals surface area contributed by atoms with E-state index < -0.39 is 12.0 Å². The lowest BCUT2D eigenvalue weighted by molar-refractivity contribution is 0.1000. The molecule has 1 aliphatic rings. The molecule has 0 radical (unpaired) electrons. The Kier molecular flexibility index (Phi) is 6.93. The summed E-state index contributed by atoms with van der Waals surface area (Å²) >= 11 is 0. The average molecular weight is 485 g/mol. The number of halogens is 1. The Morgan fingerprint density at radius 1 is 1.03 bits per heavy atom. The number of hydrogen-bond acceptors (Lipinski definition) is 3. The largest absolute Gasteiger partial charge is 0.381 e. The molecule has 0 aliphatic heterocycles. The van der Waals surface area contributed by atoms with E-state index >= 15 is 0 Å². The van der Waals surface area contributed by atoms with Crippen LogP contribution in [0.3, 0.4) is 0 Å². The van der Waals surface area contributed by atoms with E-state index in [1.54, 1.807) is 36.4 Å². The number of amides is 1. The Hall–Kier alpha value is -3.62. The van der Waals surface area contributed by atoms with E-state index in [1.165, 1.54) is 23.3 Å². The molecule has 1 unspecified atom stereocenters. The number of anilines is 1. The summed E-state index contributed by atoms with van der Waals surface area (Å²) in [7, 11) is 0. The molecule has 0 saturated carbocycles. The topological polar surface area (TPSA) is 75.3 Å². The lowest BCUT2D eigenvalue weighted by Crippen LogP contribution is -2.35. The standard InChI is InChI=1S/C31H33FN2O2/c1-30(2)15-16-31(3,4)28-25(30)17-23(18-26(28)34-19-21-7-12-24(32)13-8-21)27(35)14-9-20-5-10-22(11-6-20)29(33)36/h5-8,10-13,17-18,27,34-35H,15-16,19H2,1-4H3,(H2,33,36). The van der Waals surface area contributed by atoms with Crippen LogP contribution in [0.5, 0.6) is 0 Å². The molecule has 1 amide bonds. The Morgan fingerprint density at radius 3 is 2.31 bits per heavy atom. The molecule has 0 bridgehead atoms. The van der Waals surface area contributed by atoms with Crippen LogP contribution >= 0.6 is 0 Å². The predicted molar refractivity (Wildman–Crippen MR) is 142 cm³/mol. The van der Waals surface area contributed by atoms with E-state index in [-0.39, 0.29) is 16.6 Å². The van der Waals surface area contributed by atoms with E-state index in [9.17, 15) is 14.3 Å². The van der Waals surface area contributed by atoms with E-state index in [0.717, 1.165) is 29.7 Å². The molecule has 3 aromatic carbocycles. The minimum absolute atomic E-state index is 0.0344. The van der Waals surface area contributed by atoms with Gasteiger partial charge in [0.1, 0.15) is 11.9 Å². The van der Waals surface area contributed by atoms with E-state index in [1.807, 2.05) is 6.07 Å². The van der Waals surface area contributed by atoms with Crippen LogP contribution in [-0.2, 0) is 17.4 Å². The highest BCUT2D eigenvalue weighted by atomic mass is 19.1. The molecule has 0 spiro atoms. The van der Waals surface area contributed by atoms with Crippen molar-refractivity contribution in [3.8, 4) is 11.8 Å². The second-order valence-corrected chi connectivity index (χ2v) is 10.9. The Morgan fingerprint density at radius 2 is 1.67 bits per heavy atom. The van der Waals surface area contributed by atoms with E-state index in [0.29, 0.717) is 17.7 Å². The van der Waals surface area contributed by atoms with Gasteiger partial charge in [-0.15, -0.1) is 0 Å². The second-order valence-electron chi connectivity index (χ2n) is 10.9. The van der Waals surface area contributed by atoms with E-state index in [2.05, 4.69) is 50.9 Å². The van der Waals surface area contributed by atoms with Crippen molar-refractivity contribution in [2.75, 3.05) is 5.32 Å². The third-order valence-electron chi connectivity index (χ3n) is 7.18. The molecule has 0 fully saturated rings. The number of carbonyl (C=O) groups is 1. The van der Waals surface area contributed by atoms with Gasteiger partial charge < -0.3 is 16.2 Å². The Bertz CT molecular complexity index is 1330. The summed E-state index contributed by atoms with van der Waals surface area (Å²) in [6.07, 6.45) is 1.11. The fraction of sp³-hybridized carbons (Fsp3) is 0.323. The van der Waals surface area contributed by atoms with Gasteiger partial charge >= 0.3 is 0 Å². The number of rotatable bonds is 5. The lowest BCUT2D eigenvalue weighted by Gasteiger charge is -2.43. The van der Waals surface area contributed by atoms with Crippen molar-refractivity contribution < 1.29 is 14.3 Å². The maximum Gasteiger partial charge on any atom is 0.248 e. The maximum atomic E-state index is 13.4. The summed E-state index contributed by atoms with van der Waals surface area (Å²) in [5, 5.41) is 14.6. The van der Waals surface area contributed by atoms with Crippen molar-refractivity contribution in [1.29, 1.82) is 0 Å². The monoisotopic (exact) mass is 484 g/mol. The third kappa shape index (κ3) is 5.45. The molecule has 5 heteroatoms. The molecular weight excluding hydrogens is 451 g/mol. The van der Waals surface area contributed by atoms with Gasteiger partial charge in [0.15, 0.2) is 0 Å². The summed E-state index contributed by atoms with van der Waals surface area (Å²) in [6.45, 7) is 9.55. The molecule has 1 aliphatic carbocycles. The molecule has 4 nitrogen and oxygen atoms in total. The molecule has 186 valence electrons. The van der Waals surface area contributed by atoms with Crippen LogP contribution in [0.25, 0.3) is 0 Å². The highest BCUT2D eigenvalue weighted by Gasteiger charge is 2.39. The number of fused-ring (bicyclic) bond motifs is 1.